The fraction of sp³-hybridized carbons (Fsp3) is 0.273. The average molecular weight is 271 g/mol. The lowest BCUT2D eigenvalue weighted by molar-refractivity contribution is 0.251. The number of rotatable bonds is 2. The first-order valence-electron chi connectivity index (χ1n) is 5.29. The highest BCUT2D eigenvalue weighted by Gasteiger charge is 2.23. The summed E-state index contributed by atoms with van der Waals surface area (Å²) in [7, 11) is 1.43. The third kappa shape index (κ3) is 2.65. The van der Waals surface area contributed by atoms with Gasteiger partial charge in [0.15, 0.2) is 0 Å². The van der Waals surface area contributed by atoms with Crippen LogP contribution in [0.25, 0.3) is 0 Å². The Kier molecular flexibility index (Phi) is 4.38. The van der Waals surface area contributed by atoms with E-state index in [1.54, 1.807) is 0 Å². The van der Waals surface area contributed by atoms with Gasteiger partial charge in [-0.1, -0.05) is 18.5 Å². The standard InChI is InChI=1S/C11H15ClN4O2/c1-3-6-4-7(17)5-8(12)9(6)16(10(13)14)11(18)15-2/h4-5,17H,3H2,1-2H3,(H3,13,14)(H,15,18). The van der Waals surface area contributed by atoms with Crippen molar-refractivity contribution in [2.24, 2.45) is 5.73 Å². The minimum atomic E-state index is -0.565. The fourth-order valence-electron chi connectivity index (χ4n) is 1.60. The molecule has 5 N–H and O–H groups in total. The predicted octanol–water partition coefficient (Wildman–Crippen LogP) is 1.65. The SMILES string of the molecule is CCc1cc(O)cc(Cl)c1N(C(=N)N)C(=O)NC. The van der Waals surface area contributed by atoms with Gasteiger partial charge in [-0.25, -0.2) is 9.69 Å². The quantitative estimate of drug-likeness (QED) is 0.485. The van der Waals surface area contributed by atoms with Gasteiger partial charge in [0.25, 0.3) is 0 Å². The van der Waals surface area contributed by atoms with Crippen molar-refractivity contribution in [3.8, 4) is 5.75 Å². The van der Waals surface area contributed by atoms with Gasteiger partial charge in [0.05, 0.1) is 10.7 Å². The molecular formula is C11H15ClN4O2. The van der Waals surface area contributed by atoms with Gasteiger partial charge < -0.3 is 16.2 Å². The van der Waals surface area contributed by atoms with E-state index in [0.29, 0.717) is 17.7 Å². The second-order valence-corrected chi connectivity index (χ2v) is 3.97. The maximum atomic E-state index is 11.7. The first-order valence-corrected chi connectivity index (χ1v) is 5.67. The van der Waals surface area contributed by atoms with Crippen molar-refractivity contribution in [3.05, 3.63) is 22.7 Å². The van der Waals surface area contributed by atoms with E-state index in [1.807, 2.05) is 6.92 Å². The zero-order valence-corrected chi connectivity index (χ0v) is 10.9. The summed E-state index contributed by atoms with van der Waals surface area (Å²) in [6.45, 7) is 1.84. The number of guanidine groups is 1. The van der Waals surface area contributed by atoms with Gasteiger partial charge in [0.1, 0.15) is 5.75 Å². The maximum absolute atomic E-state index is 11.7. The minimum absolute atomic E-state index is 0.000934. The topological polar surface area (TPSA) is 102 Å². The van der Waals surface area contributed by atoms with Crippen molar-refractivity contribution in [3.63, 3.8) is 0 Å². The van der Waals surface area contributed by atoms with E-state index in [0.717, 1.165) is 4.90 Å². The highest BCUT2D eigenvalue weighted by Crippen LogP contribution is 2.34. The van der Waals surface area contributed by atoms with Crippen molar-refractivity contribution in [1.29, 1.82) is 5.41 Å². The molecule has 0 atom stereocenters. The number of benzene rings is 1. The number of phenols is 1. The Bertz CT molecular complexity index is 490. The molecule has 0 saturated carbocycles. The van der Waals surface area contributed by atoms with E-state index in [9.17, 15) is 9.90 Å². The number of carbonyl (C=O) groups is 1. The van der Waals surface area contributed by atoms with Gasteiger partial charge in [-0.15, -0.1) is 0 Å². The summed E-state index contributed by atoms with van der Waals surface area (Å²) in [5.74, 6) is -0.447. The van der Waals surface area contributed by atoms with Crippen LogP contribution < -0.4 is 16.0 Å². The Morgan fingerprint density at radius 3 is 2.67 bits per heavy atom. The molecule has 0 aliphatic carbocycles. The summed E-state index contributed by atoms with van der Waals surface area (Å²) in [6.07, 6.45) is 0.532. The van der Waals surface area contributed by atoms with Crippen LogP contribution in [0, 0.1) is 5.41 Å². The second-order valence-electron chi connectivity index (χ2n) is 3.56. The number of phenolic OH excluding ortho intramolecular Hbond substituents is 1. The number of aryl methyl sites for hydroxylation is 1. The van der Waals surface area contributed by atoms with E-state index < -0.39 is 12.0 Å². The average Bonchev–Trinajstić information content (AvgIpc) is 2.30. The molecule has 7 heteroatoms. The number of hydrogen-bond donors (Lipinski definition) is 4. The zero-order chi connectivity index (χ0) is 13.9. The molecule has 0 aliphatic rings. The van der Waals surface area contributed by atoms with Crippen LogP contribution in [0.4, 0.5) is 10.5 Å². The van der Waals surface area contributed by atoms with Crippen molar-refractivity contribution in [2.45, 2.75) is 13.3 Å². The van der Waals surface area contributed by atoms with Gasteiger partial charge in [-0.3, -0.25) is 5.41 Å². The molecule has 0 saturated heterocycles. The molecule has 0 fully saturated rings. The molecular weight excluding hydrogens is 256 g/mol. The number of anilines is 1. The van der Waals surface area contributed by atoms with Gasteiger partial charge in [-0.2, -0.15) is 0 Å². The molecule has 0 bridgehead atoms. The molecule has 18 heavy (non-hydrogen) atoms. The molecule has 0 aromatic heterocycles. The maximum Gasteiger partial charge on any atom is 0.328 e. The third-order valence-electron chi connectivity index (χ3n) is 2.39. The molecule has 6 nitrogen and oxygen atoms in total. The van der Waals surface area contributed by atoms with Crippen molar-refractivity contribution < 1.29 is 9.90 Å². The lowest BCUT2D eigenvalue weighted by atomic mass is 10.1. The van der Waals surface area contributed by atoms with Crippen molar-refractivity contribution in [1.82, 2.24) is 5.32 Å². The van der Waals surface area contributed by atoms with Gasteiger partial charge in [0.2, 0.25) is 5.96 Å². The molecule has 98 valence electrons. The highest BCUT2D eigenvalue weighted by atomic mass is 35.5. The van der Waals surface area contributed by atoms with Crippen LogP contribution >= 0.6 is 11.6 Å². The van der Waals surface area contributed by atoms with Crippen LogP contribution in [0.5, 0.6) is 5.75 Å². The molecule has 2 amide bonds. The van der Waals surface area contributed by atoms with Crippen LogP contribution in [0.3, 0.4) is 0 Å². The number of nitrogens with two attached hydrogens (primary N) is 1. The van der Waals surface area contributed by atoms with Crippen molar-refractivity contribution in [2.75, 3.05) is 11.9 Å². The number of nitrogens with zero attached hydrogens (tertiary/aromatic N) is 1. The number of nitrogens with one attached hydrogen (secondary N) is 2. The monoisotopic (exact) mass is 270 g/mol. The van der Waals surface area contributed by atoms with E-state index >= 15 is 0 Å². The normalized spacial score (nSPS) is 9.94. The minimum Gasteiger partial charge on any atom is -0.508 e. The first-order chi connectivity index (χ1) is 8.42. The van der Waals surface area contributed by atoms with Crippen LogP contribution in [0.15, 0.2) is 12.1 Å². The first kappa shape index (κ1) is 14.1. The van der Waals surface area contributed by atoms with E-state index in [4.69, 9.17) is 22.7 Å². The number of hydrogen-bond acceptors (Lipinski definition) is 3. The van der Waals surface area contributed by atoms with Crippen LogP contribution in [-0.4, -0.2) is 24.1 Å². The summed E-state index contributed by atoms with van der Waals surface area (Å²) in [6, 6.07) is 2.22. The summed E-state index contributed by atoms with van der Waals surface area (Å²) in [4.78, 5) is 12.7. The van der Waals surface area contributed by atoms with E-state index in [-0.39, 0.29) is 10.8 Å². The Labute approximate surface area is 110 Å². The lowest BCUT2D eigenvalue weighted by Gasteiger charge is -2.24. The Hall–Kier alpha value is -1.95. The number of amides is 2. The smallest absolute Gasteiger partial charge is 0.328 e. The molecule has 0 heterocycles. The Balaban J connectivity index is 3.45. The fourth-order valence-corrected chi connectivity index (χ4v) is 1.92. The zero-order valence-electron chi connectivity index (χ0n) is 10.1. The lowest BCUT2D eigenvalue weighted by Crippen LogP contribution is -2.46. The van der Waals surface area contributed by atoms with Crippen molar-refractivity contribution >= 4 is 29.3 Å². The molecule has 0 radical (unpaired) electrons. The summed E-state index contributed by atoms with van der Waals surface area (Å²) in [5.41, 5.74) is 6.34. The Morgan fingerprint density at radius 2 is 2.22 bits per heavy atom. The Morgan fingerprint density at radius 1 is 1.61 bits per heavy atom. The summed E-state index contributed by atoms with van der Waals surface area (Å²) < 4.78 is 0. The number of aromatic hydroxyl groups is 1. The largest absolute Gasteiger partial charge is 0.508 e. The predicted molar refractivity (Wildman–Crippen MR) is 71.3 cm³/mol. The number of halogens is 1. The molecule has 1 aromatic rings. The van der Waals surface area contributed by atoms with Crippen LogP contribution in [0.1, 0.15) is 12.5 Å². The third-order valence-corrected chi connectivity index (χ3v) is 2.68. The molecule has 0 spiro atoms. The van der Waals surface area contributed by atoms with E-state index in [1.165, 1.54) is 19.2 Å². The summed E-state index contributed by atoms with van der Waals surface area (Å²) >= 11 is 6.02. The number of carbonyl (C=O) groups excluding carboxylic acids is 1. The molecule has 1 rings (SSSR count). The van der Waals surface area contributed by atoms with Gasteiger partial charge in [0, 0.05) is 13.1 Å². The van der Waals surface area contributed by atoms with Crippen LogP contribution in [-0.2, 0) is 6.42 Å². The van der Waals surface area contributed by atoms with Gasteiger partial charge >= 0.3 is 6.03 Å². The molecule has 0 unspecified atom stereocenters. The summed E-state index contributed by atoms with van der Waals surface area (Å²) in [5, 5.41) is 19.5. The molecule has 0 aliphatic heterocycles. The molecule has 1 aromatic carbocycles. The van der Waals surface area contributed by atoms with Gasteiger partial charge in [-0.05, 0) is 18.1 Å². The second kappa shape index (κ2) is 5.59. The highest BCUT2D eigenvalue weighted by molar-refractivity contribution is 6.35. The van der Waals surface area contributed by atoms with E-state index in [2.05, 4.69) is 5.32 Å². The van der Waals surface area contributed by atoms with Crippen LogP contribution in [0.2, 0.25) is 5.02 Å². The number of urea groups is 1.